The second-order valence-electron chi connectivity index (χ2n) is 6.54. The average Bonchev–Trinajstić information content (AvgIpc) is 3.19. The van der Waals surface area contributed by atoms with Crippen LogP contribution in [0.2, 0.25) is 0 Å². The lowest BCUT2D eigenvalue weighted by molar-refractivity contribution is 0.0668. The minimum atomic E-state index is 0.118. The summed E-state index contributed by atoms with van der Waals surface area (Å²) in [6.07, 6.45) is 3.75. The highest BCUT2D eigenvalue weighted by molar-refractivity contribution is 7.20. The van der Waals surface area contributed by atoms with E-state index in [1.165, 1.54) is 0 Å². The number of rotatable bonds is 3. The van der Waals surface area contributed by atoms with E-state index in [1.807, 2.05) is 35.6 Å². The third kappa shape index (κ3) is 2.72. The molecule has 1 aromatic carbocycles. The molecular weight excluding hydrogens is 320 g/mol. The molecule has 1 aliphatic rings. The van der Waals surface area contributed by atoms with E-state index in [9.17, 15) is 4.79 Å². The van der Waals surface area contributed by atoms with Gasteiger partial charge in [-0.2, -0.15) is 0 Å². The Kier molecular flexibility index (Phi) is 3.86. The van der Waals surface area contributed by atoms with Crippen LogP contribution in [0.4, 0.5) is 0 Å². The maximum Gasteiger partial charge on any atom is 0.264 e. The second kappa shape index (κ2) is 6.03. The third-order valence-electron chi connectivity index (χ3n) is 4.42. The molecule has 3 aromatic rings. The molecule has 0 fully saturated rings. The summed E-state index contributed by atoms with van der Waals surface area (Å²) in [7, 11) is 4.12. The van der Waals surface area contributed by atoms with Crippen LogP contribution in [0, 0.1) is 0 Å². The van der Waals surface area contributed by atoms with E-state index in [-0.39, 0.29) is 11.9 Å². The van der Waals surface area contributed by atoms with Crippen molar-refractivity contribution in [2.45, 2.75) is 12.6 Å². The minimum Gasteiger partial charge on any atom is -0.330 e. The Morgan fingerprint density at radius 2 is 2.21 bits per heavy atom. The maximum absolute atomic E-state index is 13.0. The molecule has 1 aliphatic heterocycles. The van der Waals surface area contributed by atoms with E-state index in [2.05, 4.69) is 40.7 Å². The number of amides is 1. The molecule has 6 heteroatoms. The van der Waals surface area contributed by atoms with Crippen LogP contribution >= 0.6 is 11.3 Å². The zero-order chi connectivity index (χ0) is 16.7. The first kappa shape index (κ1) is 15.4. The molecule has 4 rings (SSSR count). The van der Waals surface area contributed by atoms with Gasteiger partial charge in [0.2, 0.25) is 0 Å². The smallest absolute Gasteiger partial charge is 0.264 e. The van der Waals surface area contributed by atoms with Crippen molar-refractivity contribution < 1.29 is 4.79 Å². The van der Waals surface area contributed by atoms with Crippen molar-refractivity contribution >= 4 is 27.3 Å². The Morgan fingerprint density at radius 1 is 1.38 bits per heavy atom. The summed E-state index contributed by atoms with van der Waals surface area (Å²) in [6, 6.07) is 10.4. The number of carbonyl (C=O) groups is 1. The number of benzene rings is 1. The predicted octanol–water partition coefficient (Wildman–Crippen LogP) is 2.86. The second-order valence-corrected chi connectivity index (χ2v) is 7.63. The van der Waals surface area contributed by atoms with Gasteiger partial charge in [-0.1, -0.05) is 18.2 Å². The van der Waals surface area contributed by atoms with E-state index < -0.39 is 0 Å². The number of hydrogen-bond donors (Lipinski definition) is 0. The van der Waals surface area contributed by atoms with Crippen LogP contribution in [-0.2, 0) is 6.54 Å². The highest BCUT2D eigenvalue weighted by atomic mass is 32.1. The van der Waals surface area contributed by atoms with E-state index in [0.717, 1.165) is 27.2 Å². The first-order valence-corrected chi connectivity index (χ1v) is 8.87. The Balaban J connectivity index is 1.63. The molecule has 124 valence electrons. The first-order valence-electron chi connectivity index (χ1n) is 8.05. The molecule has 5 nitrogen and oxygen atoms in total. The standard InChI is InChI=1S/C18H20N4OS/c1-20(2)9-15-11-21(10-14-8-19-12-22(14)15)18(23)17-7-13-5-3-4-6-16(13)24-17/h3-8,12,15H,9-11H2,1-2H3/t15-/m1/s1. The normalized spacial score (nSPS) is 17.5. The Morgan fingerprint density at radius 3 is 3.00 bits per heavy atom. The van der Waals surface area contributed by atoms with Gasteiger partial charge in [-0.3, -0.25) is 4.79 Å². The average molecular weight is 340 g/mol. The van der Waals surface area contributed by atoms with Crippen molar-refractivity contribution in [3.63, 3.8) is 0 Å². The van der Waals surface area contributed by atoms with Crippen LogP contribution in [0.5, 0.6) is 0 Å². The van der Waals surface area contributed by atoms with Crippen LogP contribution in [0.1, 0.15) is 21.4 Å². The van der Waals surface area contributed by atoms with Crippen molar-refractivity contribution in [2.75, 3.05) is 27.2 Å². The van der Waals surface area contributed by atoms with Crippen LogP contribution < -0.4 is 0 Å². The van der Waals surface area contributed by atoms with E-state index in [4.69, 9.17) is 0 Å². The first-order chi connectivity index (χ1) is 11.6. The third-order valence-corrected chi connectivity index (χ3v) is 5.53. The Labute approximate surface area is 145 Å². The van der Waals surface area contributed by atoms with Crippen molar-refractivity contribution in [3.8, 4) is 0 Å². The summed E-state index contributed by atoms with van der Waals surface area (Å²) in [4.78, 5) is 22.2. The zero-order valence-electron chi connectivity index (χ0n) is 13.8. The summed E-state index contributed by atoms with van der Waals surface area (Å²) < 4.78 is 3.36. The number of aromatic nitrogens is 2. The SMILES string of the molecule is CN(C)C[C@@H]1CN(C(=O)c2cc3ccccc3s2)Cc2cncn21. The molecule has 1 atom stereocenters. The van der Waals surface area contributed by atoms with Gasteiger partial charge in [0.15, 0.2) is 0 Å². The lowest BCUT2D eigenvalue weighted by atomic mass is 10.1. The van der Waals surface area contributed by atoms with Gasteiger partial charge in [-0.15, -0.1) is 11.3 Å². The minimum absolute atomic E-state index is 0.118. The molecule has 24 heavy (non-hydrogen) atoms. The van der Waals surface area contributed by atoms with Gasteiger partial charge in [0.25, 0.3) is 5.91 Å². The fourth-order valence-corrected chi connectivity index (χ4v) is 4.38. The van der Waals surface area contributed by atoms with E-state index in [0.29, 0.717) is 13.1 Å². The van der Waals surface area contributed by atoms with E-state index >= 15 is 0 Å². The summed E-state index contributed by atoms with van der Waals surface area (Å²) in [5, 5.41) is 1.14. The van der Waals surface area contributed by atoms with Gasteiger partial charge in [-0.05, 0) is 31.6 Å². The molecule has 1 amide bonds. The van der Waals surface area contributed by atoms with Gasteiger partial charge < -0.3 is 14.4 Å². The lowest BCUT2D eigenvalue weighted by Gasteiger charge is -2.35. The van der Waals surface area contributed by atoms with Crippen LogP contribution in [0.15, 0.2) is 42.9 Å². The van der Waals surface area contributed by atoms with Crippen LogP contribution in [-0.4, -0.2) is 52.4 Å². The van der Waals surface area contributed by atoms with Gasteiger partial charge in [0.05, 0.1) is 29.5 Å². The highest BCUT2D eigenvalue weighted by Crippen LogP contribution is 2.29. The highest BCUT2D eigenvalue weighted by Gasteiger charge is 2.29. The van der Waals surface area contributed by atoms with Gasteiger partial charge in [0, 0.05) is 24.0 Å². The molecule has 0 unspecified atom stereocenters. The molecular formula is C18H20N4OS. The van der Waals surface area contributed by atoms with Gasteiger partial charge in [-0.25, -0.2) is 4.98 Å². The predicted molar refractivity (Wildman–Crippen MR) is 96.4 cm³/mol. The number of thiophene rings is 1. The molecule has 0 aliphatic carbocycles. The molecule has 0 saturated carbocycles. The number of nitrogens with zero attached hydrogens (tertiary/aromatic N) is 4. The van der Waals surface area contributed by atoms with E-state index in [1.54, 1.807) is 11.3 Å². The van der Waals surface area contributed by atoms with Crippen LogP contribution in [0.3, 0.4) is 0 Å². The fraction of sp³-hybridized carbons (Fsp3) is 0.333. The molecule has 0 spiro atoms. The number of fused-ring (bicyclic) bond motifs is 2. The molecule has 0 bridgehead atoms. The Bertz CT molecular complexity index is 849. The van der Waals surface area contributed by atoms with Gasteiger partial charge in [0.1, 0.15) is 0 Å². The molecule has 0 radical (unpaired) electrons. The summed E-state index contributed by atoms with van der Waals surface area (Å²) in [5.41, 5.74) is 1.10. The largest absolute Gasteiger partial charge is 0.330 e. The number of likely N-dealkylation sites (N-methyl/N-ethyl adjacent to an activating group) is 1. The maximum atomic E-state index is 13.0. The van der Waals surface area contributed by atoms with Crippen molar-refractivity contribution in [2.24, 2.45) is 0 Å². The molecule has 3 heterocycles. The summed E-state index contributed by atoms with van der Waals surface area (Å²) in [6.45, 7) is 2.23. The number of carbonyl (C=O) groups excluding carboxylic acids is 1. The Hall–Kier alpha value is -2.18. The molecule has 0 N–H and O–H groups in total. The van der Waals surface area contributed by atoms with Crippen molar-refractivity contribution in [1.29, 1.82) is 0 Å². The van der Waals surface area contributed by atoms with Crippen molar-refractivity contribution in [3.05, 3.63) is 53.4 Å². The number of imidazole rings is 1. The monoisotopic (exact) mass is 340 g/mol. The summed E-state index contributed by atoms with van der Waals surface area (Å²) >= 11 is 1.57. The molecule has 2 aromatic heterocycles. The van der Waals surface area contributed by atoms with Crippen LogP contribution in [0.25, 0.3) is 10.1 Å². The molecule has 0 saturated heterocycles. The van der Waals surface area contributed by atoms with Crippen molar-refractivity contribution in [1.82, 2.24) is 19.4 Å². The lowest BCUT2D eigenvalue weighted by Crippen LogP contribution is -2.43. The number of hydrogen-bond acceptors (Lipinski definition) is 4. The fourth-order valence-electron chi connectivity index (χ4n) is 3.35. The zero-order valence-corrected chi connectivity index (χ0v) is 14.7. The quantitative estimate of drug-likeness (QED) is 0.736. The van der Waals surface area contributed by atoms with Gasteiger partial charge >= 0.3 is 0 Å². The topological polar surface area (TPSA) is 41.4 Å². The summed E-state index contributed by atoms with van der Waals surface area (Å²) in [5.74, 6) is 0.118.